The van der Waals surface area contributed by atoms with E-state index in [4.69, 9.17) is 0 Å². The second-order valence-electron chi connectivity index (χ2n) is 0.645. The van der Waals surface area contributed by atoms with Crippen molar-refractivity contribution in [2.24, 2.45) is 11.0 Å². The number of rotatable bonds is 0. The van der Waals surface area contributed by atoms with E-state index in [0.29, 0.717) is 0 Å². The van der Waals surface area contributed by atoms with Gasteiger partial charge in [0.25, 0.3) is 6.65 Å². The Bertz CT molecular complexity index is 55.8. The summed E-state index contributed by atoms with van der Waals surface area (Å²) < 4.78 is 9.59. The molecule has 0 rings (SSSR count). The highest BCUT2D eigenvalue weighted by atomic mass is 32.7. The molecule has 0 aliphatic rings. The Balaban J connectivity index is 3.47. The van der Waals surface area contributed by atoms with Crippen molar-refractivity contribution in [3.63, 3.8) is 0 Å². The minimum absolute atomic E-state index is 3.06. The molecule has 0 spiro atoms. The van der Waals surface area contributed by atoms with Gasteiger partial charge in [0, 0.05) is 12.2 Å². The molecule has 0 heterocycles. The molecule has 0 aromatic rings. The Morgan fingerprint density at radius 3 is 1.60 bits per heavy atom. The van der Waals surface area contributed by atoms with Crippen molar-refractivity contribution in [2.45, 2.75) is 0 Å². The molecule has 0 saturated heterocycles. The smallest absolute Gasteiger partial charge is 0.272 e. The quantitative estimate of drug-likeness (QED) is 0.439. The van der Waals surface area contributed by atoms with Crippen molar-refractivity contribution in [1.82, 2.24) is 0 Å². The van der Waals surface area contributed by atoms with E-state index in [0.717, 1.165) is 0 Å². The predicted octanol–water partition coefficient (Wildman–Crippen LogP) is 0.209. The highest BCUT2D eigenvalue weighted by Crippen LogP contribution is 2.29. The largest absolute Gasteiger partial charge is 0.277 e. The molecule has 0 atom stereocenters. The molecule has 0 aliphatic carbocycles. The molecule has 5 heavy (non-hydrogen) atoms. The SMILES string of the molecule is NP(N)(=O)[S]. The van der Waals surface area contributed by atoms with Gasteiger partial charge in [-0.05, 0) is 0 Å². The van der Waals surface area contributed by atoms with Gasteiger partial charge in [0.1, 0.15) is 0 Å². The van der Waals surface area contributed by atoms with Crippen LogP contribution in [-0.2, 0) is 4.57 Å². The van der Waals surface area contributed by atoms with E-state index in [1.165, 1.54) is 0 Å². The van der Waals surface area contributed by atoms with Gasteiger partial charge in [-0.15, -0.1) is 0 Å². The molecular weight excluding hydrogens is 107 g/mol. The maximum Gasteiger partial charge on any atom is 0.272 e. The van der Waals surface area contributed by atoms with Gasteiger partial charge < -0.3 is 0 Å². The highest BCUT2D eigenvalue weighted by molar-refractivity contribution is 8.46. The van der Waals surface area contributed by atoms with E-state index in [2.05, 4.69) is 23.3 Å². The third kappa shape index (κ3) is 112. The van der Waals surface area contributed by atoms with Crippen LogP contribution >= 0.6 is 18.9 Å². The second kappa shape index (κ2) is 1.30. The first-order chi connectivity index (χ1) is 2.00. The van der Waals surface area contributed by atoms with E-state index in [1.54, 1.807) is 0 Å². The van der Waals surface area contributed by atoms with Gasteiger partial charge in [0.2, 0.25) is 0 Å². The van der Waals surface area contributed by atoms with Crippen LogP contribution in [0.2, 0.25) is 0 Å². The number of hydrogen-bond donors (Lipinski definition) is 2. The molecule has 31 valence electrons. The molecule has 4 N–H and O–H groups in total. The molecule has 0 aliphatic heterocycles. The molecule has 0 fully saturated rings. The first kappa shape index (κ1) is 5.50. The van der Waals surface area contributed by atoms with Gasteiger partial charge in [0.05, 0.1) is 0 Å². The van der Waals surface area contributed by atoms with E-state index in [9.17, 15) is 4.57 Å². The van der Waals surface area contributed by atoms with Crippen molar-refractivity contribution in [1.29, 1.82) is 0 Å². The molecular formula is H4N2OPS. The minimum atomic E-state index is -3.06. The van der Waals surface area contributed by atoms with Gasteiger partial charge >= 0.3 is 0 Å². The summed E-state index contributed by atoms with van der Waals surface area (Å²) in [5.74, 6) is 0. The Kier molecular flexibility index (Phi) is 1.44. The van der Waals surface area contributed by atoms with Crippen molar-refractivity contribution in [2.75, 3.05) is 0 Å². The maximum atomic E-state index is 9.59. The third-order valence-corrected chi connectivity index (χ3v) is 0. The summed E-state index contributed by atoms with van der Waals surface area (Å²) in [4.78, 5) is 0. The average Bonchev–Trinajstić information content (AvgIpc) is 0.722. The molecule has 0 aromatic carbocycles. The Labute approximate surface area is 35.4 Å². The summed E-state index contributed by atoms with van der Waals surface area (Å²) in [6, 6.07) is 0. The maximum absolute atomic E-state index is 9.59. The van der Waals surface area contributed by atoms with Crippen LogP contribution in [-0.4, -0.2) is 0 Å². The highest BCUT2D eigenvalue weighted by Gasteiger charge is 1.93. The summed E-state index contributed by atoms with van der Waals surface area (Å²) in [6.45, 7) is -3.06. The summed E-state index contributed by atoms with van der Waals surface area (Å²) in [7, 11) is 0. The van der Waals surface area contributed by atoms with E-state index in [1.807, 2.05) is 0 Å². The lowest BCUT2D eigenvalue weighted by Gasteiger charge is -1.84. The van der Waals surface area contributed by atoms with Gasteiger partial charge in [-0.2, -0.15) is 0 Å². The molecule has 3 nitrogen and oxygen atoms in total. The second-order valence-corrected chi connectivity index (χ2v) is 3.65. The van der Waals surface area contributed by atoms with Gasteiger partial charge in [0.15, 0.2) is 0 Å². The molecule has 0 bridgehead atoms. The van der Waals surface area contributed by atoms with Crippen LogP contribution in [0.5, 0.6) is 0 Å². The summed E-state index contributed by atoms with van der Waals surface area (Å²) in [5, 5.41) is 0. The van der Waals surface area contributed by atoms with Crippen molar-refractivity contribution in [3.8, 4) is 0 Å². The molecule has 5 heteroatoms. The van der Waals surface area contributed by atoms with Crippen LogP contribution in [0.1, 0.15) is 0 Å². The normalized spacial score (nSPS) is 11.8. The Morgan fingerprint density at radius 2 is 1.60 bits per heavy atom. The fraction of sp³-hybridized carbons (Fsp3) is 0. The zero-order valence-electron chi connectivity index (χ0n) is 2.42. The van der Waals surface area contributed by atoms with Crippen LogP contribution in [0.25, 0.3) is 0 Å². The van der Waals surface area contributed by atoms with Crippen LogP contribution in [0, 0.1) is 0 Å². The van der Waals surface area contributed by atoms with Crippen LogP contribution in [0.3, 0.4) is 0 Å². The number of hydrogen-bond acceptors (Lipinski definition) is 1. The summed E-state index contributed by atoms with van der Waals surface area (Å²) in [5.41, 5.74) is 9.00. The molecule has 0 aromatic heterocycles. The zero-order chi connectivity index (χ0) is 4.50. The lowest BCUT2D eigenvalue weighted by Crippen LogP contribution is -1.95. The first-order valence-corrected chi connectivity index (χ1v) is 3.74. The van der Waals surface area contributed by atoms with E-state index < -0.39 is 6.65 Å². The van der Waals surface area contributed by atoms with Crippen molar-refractivity contribution >= 4 is 18.9 Å². The molecule has 0 amide bonds. The Morgan fingerprint density at radius 1 is 1.60 bits per heavy atom. The molecule has 0 saturated carbocycles. The standard InChI is InChI=1S/H4N2OPS/c1-4(2,3)5/h(H4,1,2,3). The summed E-state index contributed by atoms with van der Waals surface area (Å²) in [6.07, 6.45) is 0. The van der Waals surface area contributed by atoms with Crippen LogP contribution in [0.15, 0.2) is 0 Å². The van der Waals surface area contributed by atoms with Gasteiger partial charge in [-0.3, -0.25) is 15.6 Å². The van der Waals surface area contributed by atoms with Crippen LogP contribution < -0.4 is 11.0 Å². The van der Waals surface area contributed by atoms with Crippen molar-refractivity contribution < 1.29 is 4.57 Å². The lowest BCUT2D eigenvalue weighted by atomic mass is 13.9. The van der Waals surface area contributed by atoms with Crippen LogP contribution in [0.4, 0.5) is 0 Å². The number of nitrogens with two attached hydrogens (primary N) is 2. The molecule has 1 radical (unpaired) electrons. The van der Waals surface area contributed by atoms with Crippen molar-refractivity contribution in [3.05, 3.63) is 0 Å². The first-order valence-electron chi connectivity index (χ1n) is 0.882. The topological polar surface area (TPSA) is 69.1 Å². The fourth-order valence-corrected chi connectivity index (χ4v) is 0. The fourth-order valence-electron chi connectivity index (χ4n) is 0. The van der Waals surface area contributed by atoms with E-state index in [-0.39, 0.29) is 0 Å². The lowest BCUT2D eigenvalue weighted by molar-refractivity contribution is 0.587. The Hall–Kier alpha value is 0.500. The van der Waals surface area contributed by atoms with E-state index >= 15 is 0 Å². The monoisotopic (exact) mass is 111 g/mol. The molecule has 0 unspecified atom stereocenters. The van der Waals surface area contributed by atoms with Gasteiger partial charge in [-0.25, -0.2) is 0 Å². The summed E-state index contributed by atoms with van der Waals surface area (Å²) >= 11 is 3.94. The average molecular weight is 111 g/mol. The van der Waals surface area contributed by atoms with Gasteiger partial charge in [-0.1, -0.05) is 0 Å². The minimum Gasteiger partial charge on any atom is -0.277 e. The zero-order valence-corrected chi connectivity index (χ0v) is 4.13. The third-order valence-electron chi connectivity index (χ3n) is 0. The predicted molar refractivity (Wildman–Crippen MR) is 23.6 cm³/mol.